The molecule has 26 heavy (non-hydrogen) atoms. The standard InChI is InChI=1S/C22H28ClNO2/c1-6-20(17-9-8-14(3)15(4)12-17)24-22(25)21(7-2)26-18-10-11-19(23)16(5)13-18/h8-13,20-21H,6-7H2,1-5H3,(H,24,25)/t20-,21+/m1/s1. The number of rotatable bonds is 7. The Balaban J connectivity index is 2.10. The van der Waals surface area contributed by atoms with E-state index in [0.29, 0.717) is 17.2 Å². The van der Waals surface area contributed by atoms with Gasteiger partial charge in [0.05, 0.1) is 6.04 Å². The fourth-order valence-electron chi connectivity index (χ4n) is 2.84. The highest BCUT2D eigenvalue weighted by Gasteiger charge is 2.22. The van der Waals surface area contributed by atoms with Gasteiger partial charge in [-0.15, -0.1) is 0 Å². The number of carbonyl (C=O) groups is 1. The molecule has 0 saturated heterocycles. The summed E-state index contributed by atoms with van der Waals surface area (Å²) in [4.78, 5) is 12.8. The molecule has 2 aromatic carbocycles. The first kappa shape index (κ1) is 20.3. The lowest BCUT2D eigenvalue weighted by Gasteiger charge is -2.23. The molecule has 4 heteroatoms. The molecule has 3 nitrogen and oxygen atoms in total. The van der Waals surface area contributed by atoms with Crippen LogP contribution in [0.15, 0.2) is 36.4 Å². The third kappa shape index (κ3) is 5.01. The lowest BCUT2D eigenvalue weighted by molar-refractivity contribution is -0.128. The average molecular weight is 374 g/mol. The molecule has 1 N–H and O–H groups in total. The molecule has 0 aliphatic carbocycles. The molecular formula is C22H28ClNO2. The molecule has 0 bridgehead atoms. The molecule has 2 rings (SSSR count). The smallest absolute Gasteiger partial charge is 0.261 e. The van der Waals surface area contributed by atoms with Crippen molar-refractivity contribution in [1.82, 2.24) is 5.32 Å². The van der Waals surface area contributed by atoms with Gasteiger partial charge in [-0.05, 0) is 74.1 Å². The highest BCUT2D eigenvalue weighted by atomic mass is 35.5. The number of nitrogens with one attached hydrogen (secondary N) is 1. The fraction of sp³-hybridized carbons (Fsp3) is 0.409. The van der Waals surface area contributed by atoms with E-state index in [1.165, 1.54) is 11.1 Å². The normalized spacial score (nSPS) is 13.2. The van der Waals surface area contributed by atoms with Crippen LogP contribution in [-0.4, -0.2) is 12.0 Å². The highest BCUT2D eigenvalue weighted by Crippen LogP contribution is 2.24. The van der Waals surface area contributed by atoms with Gasteiger partial charge in [0.15, 0.2) is 6.10 Å². The molecule has 2 atom stereocenters. The third-order valence-corrected chi connectivity index (χ3v) is 5.15. The molecule has 2 aromatic rings. The van der Waals surface area contributed by atoms with Crippen LogP contribution >= 0.6 is 11.6 Å². The van der Waals surface area contributed by atoms with Crippen molar-refractivity contribution in [2.75, 3.05) is 0 Å². The molecule has 1 amide bonds. The zero-order valence-corrected chi connectivity index (χ0v) is 17.0. The molecule has 0 saturated carbocycles. The molecule has 0 aromatic heterocycles. The van der Waals surface area contributed by atoms with Crippen LogP contribution < -0.4 is 10.1 Å². The Bertz CT molecular complexity index is 773. The third-order valence-electron chi connectivity index (χ3n) is 4.73. The van der Waals surface area contributed by atoms with Crippen LogP contribution in [-0.2, 0) is 4.79 Å². The average Bonchev–Trinajstić information content (AvgIpc) is 2.62. The second kappa shape index (κ2) is 9.09. The Morgan fingerprint density at radius 3 is 2.31 bits per heavy atom. The predicted octanol–water partition coefficient (Wildman–Crippen LogP) is 5.69. The van der Waals surface area contributed by atoms with Gasteiger partial charge in [-0.25, -0.2) is 0 Å². The Labute approximate surface area is 161 Å². The van der Waals surface area contributed by atoms with Crippen molar-refractivity contribution < 1.29 is 9.53 Å². The van der Waals surface area contributed by atoms with Crippen molar-refractivity contribution in [2.24, 2.45) is 0 Å². The number of amides is 1. The van der Waals surface area contributed by atoms with E-state index < -0.39 is 6.10 Å². The zero-order chi connectivity index (χ0) is 19.3. The number of aryl methyl sites for hydroxylation is 3. The van der Waals surface area contributed by atoms with Crippen LogP contribution in [0.25, 0.3) is 0 Å². The Hall–Kier alpha value is -2.00. The van der Waals surface area contributed by atoms with E-state index in [1.54, 1.807) is 12.1 Å². The van der Waals surface area contributed by atoms with Gasteiger partial charge in [-0.2, -0.15) is 0 Å². The summed E-state index contributed by atoms with van der Waals surface area (Å²) < 4.78 is 5.91. The summed E-state index contributed by atoms with van der Waals surface area (Å²) in [6.45, 7) is 10.1. The van der Waals surface area contributed by atoms with Crippen molar-refractivity contribution in [1.29, 1.82) is 0 Å². The van der Waals surface area contributed by atoms with Gasteiger partial charge >= 0.3 is 0 Å². The SMILES string of the molecule is CC[C@H](Oc1ccc(Cl)c(C)c1)C(=O)N[C@H](CC)c1ccc(C)c(C)c1. The number of ether oxygens (including phenoxy) is 1. The molecule has 140 valence electrons. The summed E-state index contributed by atoms with van der Waals surface area (Å²) >= 11 is 6.06. The molecule has 0 spiro atoms. The van der Waals surface area contributed by atoms with Gasteiger partial charge in [-0.1, -0.05) is 43.6 Å². The number of benzene rings is 2. The van der Waals surface area contributed by atoms with Gasteiger partial charge in [0.2, 0.25) is 0 Å². The van der Waals surface area contributed by atoms with Crippen molar-refractivity contribution in [3.8, 4) is 5.75 Å². The zero-order valence-electron chi connectivity index (χ0n) is 16.2. The van der Waals surface area contributed by atoms with Crippen LogP contribution in [0, 0.1) is 20.8 Å². The van der Waals surface area contributed by atoms with Gasteiger partial charge in [0, 0.05) is 5.02 Å². The topological polar surface area (TPSA) is 38.3 Å². The minimum atomic E-state index is -0.531. The van der Waals surface area contributed by atoms with Gasteiger partial charge in [0.25, 0.3) is 5.91 Å². The second-order valence-corrected chi connectivity index (χ2v) is 7.15. The molecule has 0 aliphatic rings. The first-order valence-corrected chi connectivity index (χ1v) is 9.53. The monoisotopic (exact) mass is 373 g/mol. The summed E-state index contributed by atoms with van der Waals surface area (Å²) in [5, 5.41) is 3.83. The van der Waals surface area contributed by atoms with E-state index in [9.17, 15) is 4.79 Å². The van der Waals surface area contributed by atoms with E-state index in [2.05, 4.69) is 44.3 Å². The molecule has 0 unspecified atom stereocenters. The molecule has 0 radical (unpaired) electrons. The van der Waals surface area contributed by atoms with Gasteiger partial charge in [0.1, 0.15) is 5.75 Å². The maximum Gasteiger partial charge on any atom is 0.261 e. The largest absolute Gasteiger partial charge is 0.481 e. The van der Waals surface area contributed by atoms with Crippen LogP contribution in [0.3, 0.4) is 0 Å². The summed E-state index contributed by atoms with van der Waals surface area (Å²) in [7, 11) is 0. The maximum absolute atomic E-state index is 12.8. The lowest BCUT2D eigenvalue weighted by Crippen LogP contribution is -2.40. The van der Waals surface area contributed by atoms with E-state index in [4.69, 9.17) is 16.3 Å². The minimum absolute atomic E-state index is 0.0218. The van der Waals surface area contributed by atoms with Crippen molar-refractivity contribution in [3.05, 3.63) is 63.7 Å². The van der Waals surface area contributed by atoms with Crippen molar-refractivity contribution in [2.45, 2.75) is 59.6 Å². The Morgan fingerprint density at radius 1 is 1.00 bits per heavy atom. The first-order valence-electron chi connectivity index (χ1n) is 9.16. The number of halogens is 1. The molecular weight excluding hydrogens is 346 g/mol. The first-order chi connectivity index (χ1) is 12.3. The van der Waals surface area contributed by atoms with E-state index in [-0.39, 0.29) is 11.9 Å². The Morgan fingerprint density at radius 2 is 1.73 bits per heavy atom. The van der Waals surface area contributed by atoms with Crippen LogP contribution in [0.4, 0.5) is 0 Å². The van der Waals surface area contributed by atoms with Crippen LogP contribution in [0.5, 0.6) is 5.75 Å². The maximum atomic E-state index is 12.8. The lowest BCUT2D eigenvalue weighted by atomic mass is 9.99. The number of hydrogen-bond acceptors (Lipinski definition) is 2. The summed E-state index contributed by atoms with van der Waals surface area (Å²) in [5.74, 6) is 0.568. The predicted molar refractivity (Wildman–Crippen MR) is 108 cm³/mol. The van der Waals surface area contributed by atoms with Crippen molar-refractivity contribution >= 4 is 17.5 Å². The quantitative estimate of drug-likeness (QED) is 0.676. The summed E-state index contributed by atoms with van der Waals surface area (Å²) in [6.07, 6.45) is 0.887. The second-order valence-electron chi connectivity index (χ2n) is 6.74. The Kier molecular flexibility index (Phi) is 7.10. The summed E-state index contributed by atoms with van der Waals surface area (Å²) in [5.41, 5.74) is 4.54. The van der Waals surface area contributed by atoms with E-state index in [0.717, 1.165) is 17.5 Å². The minimum Gasteiger partial charge on any atom is -0.481 e. The van der Waals surface area contributed by atoms with E-state index >= 15 is 0 Å². The summed E-state index contributed by atoms with van der Waals surface area (Å²) in [6, 6.07) is 11.8. The number of carbonyl (C=O) groups excluding carboxylic acids is 1. The van der Waals surface area contributed by atoms with E-state index in [1.807, 2.05) is 19.9 Å². The molecule has 0 fully saturated rings. The van der Waals surface area contributed by atoms with Crippen molar-refractivity contribution in [3.63, 3.8) is 0 Å². The van der Waals surface area contributed by atoms with Crippen LogP contribution in [0.2, 0.25) is 5.02 Å². The van der Waals surface area contributed by atoms with Crippen LogP contribution in [0.1, 0.15) is 55.0 Å². The fourth-order valence-corrected chi connectivity index (χ4v) is 2.96. The number of hydrogen-bond donors (Lipinski definition) is 1. The van der Waals surface area contributed by atoms with Gasteiger partial charge < -0.3 is 10.1 Å². The molecule has 0 aliphatic heterocycles. The van der Waals surface area contributed by atoms with Gasteiger partial charge in [-0.3, -0.25) is 4.79 Å². The molecule has 0 heterocycles. The highest BCUT2D eigenvalue weighted by molar-refractivity contribution is 6.31.